The number of aromatic nitrogens is 2. The maximum Gasteiger partial charge on any atom is 0.133 e. The molecule has 1 heterocycles. The van der Waals surface area contributed by atoms with Crippen molar-refractivity contribution in [1.82, 2.24) is 9.97 Å². The number of anilines is 2. The van der Waals surface area contributed by atoms with Crippen LogP contribution in [-0.4, -0.2) is 34.1 Å². The molecule has 112 valence electrons. The Labute approximate surface area is 126 Å². The minimum absolute atomic E-state index is 0.545. The average Bonchev–Trinajstić information content (AvgIpc) is 2.86. The summed E-state index contributed by atoms with van der Waals surface area (Å²) in [6, 6.07) is 2.59. The number of nitrogens with one attached hydrogen (secondary N) is 2. The average molecular weight is 294 g/mol. The third kappa shape index (κ3) is 4.01. The molecular weight excluding hydrogens is 268 g/mol. The first-order chi connectivity index (χ1) is 9.76. The van der Waals surface area contributed by atoms with Crippen molar-refractivity contribution in [1.29, 1.82) is 0 Å². The Kier molecular flexibility index (Phi) is 5.95. The van der Waals surface area contributed by atoms with E-state index in [0.717, 1.165) is 36.8 Å². The van der Waals surface area contributed by atoms with Crippen molar-refractivity contribution in [2.45, 2.75) is 57.2 Å². The fraction of sp³-hybridized carbons (Fsp3) is 0.733. The Balaban J connectivity index is 2.12. The third-order valence-corrected chi connectivity index (χ3v) is 4.86. The smallest absolute Gasteiger partial charge is 0.133 e. The van der Waals surface area contributed by atoms with Gasteiger partial charge in [-0.05, 0) is 32.4 Å². The van der Waals surface area contributed by atoms with E-state index in [0.29, 0.717) is 11.3 Å². The van der Waals surface area contributed by atoms with Gasteiger partial charge in [0.05, 0.1) is 0 Å². The minimum Gasteiger partial charge on any atom is -0.370 e. The summed E-state index contributed by atoms with van der Waals surface area (Å²) in [6.45, 7) is 5.14. The molecule has 0 radical (unpaired) electrons. The van der Waals surface area contributed by atoms with E-state index >= 15 is 0 Å². The Morgan fingerprint density at radius 2 is 2.05 bits per heavy atom. The molecular formula is C15H26N4S. The van der Waals surface area contributed by atoms with Crippen LogP contribution in [0.4, 0.5) is 11.6 Å². The largest absolute Gasteiger partial charge is 0.370 e. The Morgan fingerprint density at radius 1 is 1.25 bits per heavy atom. The number of nitrogens with zero attached hydrogens (tertiary/aromatic N) is 2. The molecule has 0 spiro atoms. The molecule has 0 aliphatic heterocycles. The highest BCUT2D eigenvalue weighted by molar-refractivity contribution is 7.99. The predicted molar refractivity (Wildman–Crippen MR) is 88.8 cm³/mol. The molecule has 1 aromatic rings. The van der Waals surface area contributed by atoms with Crippen LogP contribution in [0, 0.1) is 0 Å². The van der Waals surface area contributed by atoms with Gasteiger partial charge >= 0.3 is 0 Å². The lowest BCUT2D eigenvalue weighted by Gasteiger charge is -2.20. The van der Waals surface area contributed by atoms with E-state index in [9.17, 15) is 0 Å². The number of thioether (sulfide) groups is 1. The van der Waals surface area contributed by atoms with Gasteiger partial charge in [0.15, 0.2) is 0 Å². The molecule has 1 saturated carbocycles. The molecule has 1 fully saturated rings. The Morgan fingerprint density at radius 3 is 2.75 bits per heavy atom. The second kappa shape index (κ2) is 7.72. The van der Waals surface area contributed by atoms with Crippen LogP contribution < -0.4 is 10.6 Å². The zero-order chi connectivity index (χ0) is 14.4. The Bertz CT molecular complexity index is 400. The van der Waals surface area contributed by atoms with Gasteiger partial charge in [-0.1, -0.05) is 13.3 Å². The monoisotopic (exact) mass is 294 g/mol. The SMILES string of the molecule is CCCc1nc(NCC)cc(NC2CCCC2SC)n1. The van der Waals surface area contributed by atoms with Crippen LogP contribution in [0.5, 0.6) is 0 Å². The number of hydrogen-bond acceptors (Lipinski definition) is 5. The summed E-state index contributed by atoms with van der Waals surface area (Å²) >= 11 is 1.97. The third-order valence-electron chi connectivity index (χ3n) is 3.69. The van der Waals surface area contributed by atoms with Crippen LogP contribution in [0.2, 0.25) is 0 Å². The first-order valence-corrected chi connectivity index (χ1v) is 8.96. The van der Waals surface area contributed by atoms with Crippen LogP contribution in [-0.2, 0) is 6.42 Å². The highest BCUT2D eigenvalue weighted by atomic mass is 32.2. The summed E-state index contributed by atoms with van der Waals surface area (Å²) in [7, 11) is 0. The van der Waals surface area contributed by atoms with Crippen molar-refractivity contribution < 1.29 is 0 Å². The summed E-state index contributed by atoms with van der Waals surface area (Å²) in [5, 5.41) is 7.64. The maximum absolute atomic E-state index is 4.67. The van der Waals surface area contributed by atoms with Crippen LogP contribution in [0.25, 0.3) is 0 Å². The molecule has 20 heavy (non-hydrogen) atoms. The topological polar surface area (TPSA) is 49.8 Å². The summed E-state index contributed by atoms with van der Waals surface area (Å²) < 4.78 is 0. The van der Waals surface area contributed by atoms with Crippen molar-refractivity contribution in [2.75, 3.05) is 23.4 Å². The molecule has 2 N–H and O–H groups in total. The number of hydrogen-bond donors (Lipinski definition) is 2. The second-order valence-electron chi connectivity index (χ2n) is 5.29. The van der Waals surface area contributed by atoms with Crippen molar-refractivity contribution in [3.05, 3.63) is 11.9 Å². The van der Waals surface area contributed by atoms with Crippen LogP contribution in [0.3, 0.4) is 0 Å². The maximum atomic E-state index is 4.67. The number of rotatable bonds is 7. The normalized spacial score (nSPS) is 21.9. The van der Waals surface area contributed by atoms with Gasteiger partial charge in [-0.3, -0.25) is 0 Å². The quantitative estimate of drug-likeness (QED) is 0.805. The van der Waals surface area contributed by atoms with E-state index in [4.69, 9.17) is 0 Å². The molecule has 4 nitrogen and oxygen atoms in total. The fourth-order valence-corrected chi connectivity index (χ4v) is 3.68. The van der Waals surface area contributed by atoms with Gasteiger partial charge in [-0.15, -0.1) is 0 Å². The summed E-state index contributed by atoms with van der Waals surface area (Å²) in [4.78, 5) is 9.23. The summed E-state index contributed by atoms with van der Waals surface area (Å²) in [6.07, 6.45) is 8.09. The molecule has 0 amide bonds. The first-order valence-electron chi connectivity index (χ1n) is 7.68. The second-order valence-corrected chi connectivity index (χ2v) is 6.37. The molecule has 0 saturated heterocycles. The van der Waals surface area contributed by atoms with Gasteiger partial charge in [-0.2, -0.15) is 11.8 Å². The highest BCUT2D eigenvalue weighted by Gasteiger charge is 2.26. The van der Waals surface area contributed by atoms with E-state index in [1.807, 2.05) is 17.8 Å². The zero-order valence-electron chi connectivity index (χ0n) is 12.8. The molecule has 5 heteroatoms. The summed E-state index contributed by atoms with van der Waals surface area (Å²) in [5.41, 5.74) is 0. The lowest BCUT2D eigenvalue weighted by atomic mass is 10.2. The molecule has 0 bridgehead atoms. The molecule has 2 rings (SSSR count). The zero-order valence-corrected chi connectivity index (χ0v) is 13.6. The van der Waals surface area contributed by atoms with Crippen LogP contribution in [0.1, 0.15) is 45.4 Å². The van der Waals surface area contributed by atoms with Gasteiger partial charge in [0.1, 0.15) is 17.5 Å². The molecule has 1 aliphatic rings. The Hall–Kier alpha value is -0.970. The van der Waals surface area contributed by atoms with Crippen molar-refractivity contribution >= 4 is 23.4 Å². The predicted octanol–water partition coefficient (Wildman–Crippen LogP) is 3.56. The van der Waals surface area contributed by atoms with Crippen molar-refractivity contribution in [2.24, 2.45) is 0 Å². The van der Waals surface area contributed by atoms with Gasteiger partial charge < -0.3 is 10.6 Å². The van der Waals surface area contributed by atoms with Crippen molar-refractivity contribution in [3.8, 4) is 0 Å². The highest BCUT2D eigenvalue weighted by Crippen LogP contribution is 2.30. The standard InChI is InChI=1S/C15H26N4S/c1-4-7-13-18-14(16-5-2)10-15(19-13)17-11-8-6-9-12(11)20-3/h10-12H,4-9H2,1-3H3,(H2,16,17,18,19). The first kappa shape index (κ1) is 15.4. The molecule has 2 atom stereocenters. The van der Waals surface area contributed by atoms with E-state index in [1.165, 1.54) is 19.3 Å². The molecule has 0 aromatic carbocycles. The minimum atomic E-state index is 0.545. The van der Waals surface area contributed by atoms with Gasteiger partial charge in [0.2, 0.25) is 0 Å². The van der Waals surface area contributed by atoms with Crippen LogP contribution >= 0.6 is 11.8 Å². The van der Waals surface area contributed by atoms with Gasteiger partial charge in [0, 0.05) is 30.3 Å². The summed E-state index contributed by atoms with van der Waals surface area (Å²) in [5.74, 6) is 2.85. The molecule has 1 aliphatic carbocycles. The van der Waals surface area contributed by atoms with Gasteiger partial charge in [0.25, 0.3) is 0 Å². The number of aryl methyl sites for hydroxylation is 1. The van der Waals surface area contributed by atoms with Crippen molar-refractivity contribution in [3.63, 3.8) is 0 Å². The molecule has 1 aromatic heterocycles. The van der Waals surface area contributed by atoms with E-state index in [2.05, 4.69) is 40.7 Å². The van der Waals surface area contributed by atoms with Crippen LogP contribution in [0.15, 0.2) is 6.07 Å². The molecule has 2 unspecified atom stereocenters. The van der Waals surface area contributed by atoms with E-state index in [1.54, 1.807) is 0 Å². The van der Waals surface area contributed by atoms with E-state index < -0.39 is 0 Å². The lowest BCUT2D eigenvalue weighted by molar-refractivity contribution is 0.756. The lowest BCUT2D eigenvalue weighted by Crippen LogP contribution is -2.26. The van der Waals surface area contributed by atoms with Gasteiger partial charge in [-0.25, -0.2) is 9.97 Å². The van der Waals surface area contributed by atoms with E-state index in [-0.39, 0.29) is 0 Å². The fourth-order valence-electron chi connectivity index (χ4n) is 2.74.